The van der Waals surface area contributed by atoms with Gasteiger partial charge in [0.25, 0.3) is 0 Å². The van der Waals surface area contributed by atoms with Crippen LogP contribution >= 0.6 is 23.4 Å². The molecule has 0 saturated heterocycles. The van der Waals surface area contributed by atoms with Crippen molar-refractivity contribution in [3.05, 3.63) is 53.1 Å². The standard InChI is InChI=1S/C19H17ClN2O4S/c1-2-26-19(25)11-3-6-13(7-4-11)21-17(23)10-16-18(24)22-14-9-12(20)5-8-15(14)27-16/h3-9,16H,2,10H2,1H3,(H,21,23)(H,22,24). The molecule has 0 radical (unpaired) electrons. The summed E-state index contributed by atoms with van der Waals surface area (Å²) in [5.74, 6) is -0.934. The monoisotopic (exact) mass is 404 g/mol. The number of hydrogen-bond acceptors (Lipinski definition) is 5. The average molecular weight is 405 g/mol. The Balaban J connectivity index is 1.60. The van der Waals surface area contributed by atoms with Gasteiger partial charge in [-0.1, -0.05) is 11.6 Å². The Morgan fingerprint density at radius 2 is 1.96 bits per heavy atom. The SMILES string of the molecule is CCOC(=O)c1ccc(NC(=O)CC2Sc3ccc(Cl)cc3NC2=O)cc1. The van der Waals surface area contributed by atoms with E-state index in [1.54, 1.807) is 43.3 Å². The lowest BCUT2D eigenvalue weighted by atomic mass is 10.2. The van der Waals surface area contributed by atoms with Gasteiger partial charge in [0.05, 0.1) is 23.1 Å². The topological polar surface area (TPSA) is 84.5 Å². The number of fused-ring (bicyclic) bond motifs is 1. The number of thioether (sulfide) groups is 1. The van der Waals surface area contributed by atoms with Gasteiger partial charge in [0.15, 0.2) is 0 Å². The van der Waals surface area contributed by atoms with E-state index in [-0.39, 0.29) is 18.2 Å². The summed E-state index contributed by atoms with van der Waals surface area (Å²) >= 11 is 7.26. The molecule has 8 heteroatoms. The Bertz CT molecular complexity index is 886. The zero-order valence-corrected chi connectivity index (χ0v) is 16.0. The van der Waals surface area contributed by atoms with Crippen molar-refractivity contribution in [2.45, 2.75) is 23.5 Å². The van der Waals surface area contributed by atoms with Crippen molar-refractivity contribution in [3.63, 3.8) is 0 Å². The van der Waals surface area contributed by atoms with Crippen LogP contribution in [0.3, 0.4) is 0 Å². The molecule has 1 aliphatic heterocycles. The van der Waals surface area contributed by atoms with Crippen LogP contribution in [-0.4, -0.2) is 29.6 Å². The largest absolute Gasteiger partial charge is 0.462 e. The number of halogens is 1. The van der Waals surface area contributed by atoms with Crippen LogP contribution in [0.2, 0.25) is 5.02 Å². The van der Waals surface area contributed by atoms with E-state index < -0.39 is 11.2 Å². The lowest BCUT2D eigenvalue weighted by Crippen LogP contribution is -2.32. The molecular weight excluding hydrogens is 388 g/mol. The van der Waals surface area contributed by atoms with Crippen LogP contribution < -0.4 is 10.6 Å². The minimum atomic E-state index is -0.530. The summed E-state index contributed by atoms with van der Waals surface area (Å²) in [6.45, 7) is 2.03. The summed E-state index contributed by atoms with van der Waals surface area (Å²) in [5.41, 5.74) is 1.61. The molecule has 2 amide bonds. The molecule has 27 heavy (non-hydrogen) atoms. The molecule has 2 N–H and O–H groups in total. The number of rotatable bonds is 5. The average Bonchev–Trinajstić information content (AvgIpc) is 2.63. The van der Waals surface area contributed by atoms with Crippen molar-refractivity contribution in [3.8, 4) is 0 Å². The zero-order valence-electron chi connectivity index (χ0n) is 14.5. The van der Waals surface area contributed by atoms with E-state index in [1.807, 2.05) is 6.07 Å². The van der Waals surface area contributed by atoms with Gasteiger partial charge < -0.3 is 15.4 Å². The summed E-state index contributed by atoms with van der Waals surface area (Å²) in [6, 6.07) is 11.6. The van der Waals surface area contributed by atoms with E-state index in [2.05, 4.69) is 10.6 Å². The van der Waals surface area contributed by atoms with E-state index in [1.165, 1.54) is 11.8 Å². The van der Waals surface area contributed by atoms with Crippen LogP contribution in [0, 0.1) is 0 Å². The maximum atomic E-state index is 12.3. The van der Waals surface area contributed by atoms with Gasteiger partial charge in [0, 0.05) is 22.0 Å². The summed E-state index contributed by atoms with van der Waals surface area (Å²) in [6.07, 6.45) is 0.0260. The maximum absolute atomic E-state index is 12.3. The van der Waals surface area contributed by atoms with Crippen molar-refractivity contribution in [1.29, 1.82) is 0 Å². The second-order valence-electron chi connectivity index (χ2n) is 5.79. The number of ether oxygens (including phenoxy) is 1. The van der Waals surface area contributed by atoms with Crippen molar-refractivity contribution in [2.75, 3.05) is 17.2 Å². The number of esters is 1. The Labute approximate surface area is 165 Å². The van der Waals surface area contributed by atoms with E-state index in [0.717, 1.165) is 4.90 Å². The number of nitrogens with one attached hydrogen (secondary N) is 2. The highest BCUT2D eigenvalue weighted by Gasteiger charge is 2.29. The second kappa shape index (κ2) is 8.45. The highest BCUT2D eigenvalue weighted by atomic mass is 35.5. The molecule has 2 aromatic rings. The van der Waals surface area contributed by atoms with Crippen molar-refractivity contribution >= 4 is 52.5 Å². The van der Waals surface area contributed by atoms with Crippen LogP contribution in [0.5, 0.6) is 0 Å². The molecule has 0 aromatic heterocycles. The van der Waals surface area contributed by atoms with Crippen molar-refractivity contribution in [2.24, 2.45) is 0 Å². The Kier molecular flexibility index (Phi) is 6.03. The van der Waals surface area contributed by atoms with Gasteiger partial charge in [-0.15, -0.1) is 11.8 Å². The van der Waals surface area contributed by atoms with Gasteiger partial charge in [0.1, 0.15) is 0 Å². The van der Waals surface area contributed by atoms with Crippen LogP contribution in [0.15, 0.2) is 47.4 Å². The van der Waals surface area contributed by atoms with Gasteiger partial charge >= 0.3 is 5.97 Å². The molecule has 0 bridgehead atoms. The molecule has 0 saturated carbocycles. The Morgan fingerprint density at radius 3 is 2.67 bits per heavy atom. The number of hydrogen-bond donors (Lipinski definition) is 2. The van der Waals surface area contributed by atoms with Crippen molar-refractivity contribution < 1.29 is 19.1 Å². The van der Waals surface area contributed by atoms with E-state index >= 15 is 0 Å². The van der Waals surface area contributed by atoms with Crippen LogP contribution in [-0.2, 0) is 14.3 Å². The Morgan fingerprint density at radius 1 is 1.22 bits per heavy atom. The van der Waals surface area contributed by atoms with Gasteiger partial charge in [-0.25, -0.2) is 4.79 Å². The summed E-state index contributed by atoms with van der Waals surface area (Å²) in [4.78, 5) is 37.0. The Hall–Kier alpha value is -2.51. The number of anilines is 2. The van der Waals surface area contributed by atoms with Gasteiger partial charge in [0.2, 0.25) is 11.8 Å². The molecule has 0 fully saturated rings. The summed E-state index contributed by atoms with van der Waals surface area (Å²) in [7, 11) is 0. The minimum Gasteiger partial charge on any atom is -0.462 e. The van der Waals surface area contributed by atoms with Gasteiger partial charge in [-0.3, -0.25) is 9.59 Å². The zero-order chi connectivity index (χ0) is 19.4. The third-order valence-electron chi connectivity index (χ3n) is 3.81. The predicted octanol–water partition coefficient (Wildman–Crippen LogP) is 3.96. The number of carbonyl (C=O) groups excluding carboxylic acids is 3. The van der Waals surface area contributed by atoms with E-state index in [4.69, 9.17) is 16.3 Å². The third-order valence-corrected chi connectivity index (χ3v) is 5.32. The first-order valence-electron chi connectivity index (χ1n) is 8.30. The highest BCUT2D eigenvalue weighted by molar-refractivity contribution is 8.01. The fourth-order valence-corrected chi connectivity index (χ4v) is 3.80. The highest BCUT2D eigenvalue weighted by Crippen LogP contribution is 2.38. The molecule has 0 spiro atoms. The first kappa shape index (κ1) is 19.3. The molecular formula is C19H17ClN2O4S. The van der Waals surface area contributed by atoms with Gasteiger partial charge in [-0.05, 0) is 49.4 Å². The normalized spacial score (nSPS) is 15.5. The van der Waals surface area contributed by atoms with E-state index in [0.29, 0.717) is 28.6 Å². The molecule has 0 aliphatic carbocycles. The lowest BCUT2D eigenvalue weighted by Gasteiger charge is -2.23. The lowest BCUT2D eigenvalue weighted by molar-refractivity contribution is -0.120. The van der Waals surface area contributed by atoms with E-state index in [9.17, 15) is 14.4 Å². The fourth-order valence-electron chi connectivity index (χ4n) is 2.54. The molecule has 2 aromatic carbocycles. The molecule has 140 valence electrons. The first-order valence-corrected chi connectivity index (χ1v) is 9.56. The number of amides is 2. The maximum Gasteiger partial charge on any atom is 0.338 e. The minimum absolute atomic E-state index is 0.0260. The molecule has 1 aliphatic rings. The third kappa shape index (κ3) is 4.81. The second-order valence-corrected chi connectivity index (χ2v) is 7.47. The van der Waals surface area contributed by atoms with Crippen LogP contribution in [0.25, 0.3) is 0 Å². The first-order chi connectivity index (χ1) is 13.0. The molecule has 6 nitrogen and oxygen atoms in total. The van der Waals surface area contributed by atoms with Crippen LogP contribution in [0.1, 0.15) is 23.7 Å². The summed E-state index contributed by atoms with van der Waals surface area (Å²) < 4.78 is 4.92. The fraction of sp³-hybridized carbons (Fsp3) is 0.211. The number of benzene rings is 2. The summed E-state index contributed by atoms with van der Waals surface area (Å²) in [5, 5.41) is 5.52. The van der Waals surface area contributed by atoms with Crippen molar-refractivity contribution in [1.82, 2.24) is 0 Å². The molecule has 3 rings (SSSR count). The number of carbonyl (C=O) groups is 3. The predicted molar refractivity (Wildman–Crippen MR) is 105 cm³/mol. The molecule has 1 unspecified atom stereocenters. The van der Waals surface area contributed by atoms with Crippen LogP contribution in [0.4, 0.5) is 11.4 Å². The smallest absolute Gasteiger partial charge is 0.338 e. The van der Waals surface area contributed by atoms with Gasteiger partial charge in [-0.2, -0.15) is 0 Å². The molecule has 1 heterocycles. The quantitative estimate of drug-likeness (QED) is 0.737. The molecule has 1 atom stereocenters.